The number of nitrogens with one attached hydrogen (secondary N) is 18. The van der Waals surface area contributed by atoms with Crippen LogP contribution in [0.5, 0.6) is 5.75 Å². The summed E-state index contributed by atoms with van der Waals surface area (Å²) in [4.78, 5) is 246. The molecule has 1 aliphatic rings. The van der Waals surface area contributed by atoms with E-state index >= 15 is 38.4 Å². The highest BCUT2D eigenvalue weighted by Crippen LogP contribution is 2.24. The molecule has 0 bridgehead atoms. The summed E-state index contributed by atoms with van der Waals surface area (Å²) in [6, 6.07) is 12.7. The van der Waals surface area contributed by atoms with Gasteiger partial charge in [-0.05, 0) is 195 Å². The predicted molar refractivity (Wildman–Crippen MR) is 524 cm³/mol. The summed E-state index contributed by atoms with van der Waals surface area (Å²) in [5.41, 5.74) is 32.1. The van der Waals surface area contributed by atoms with Gasteiger partial charge in [0.05, 0.1) is 6.42 Å². The van der Waals surface area contributed by atoms with E-state index in [0.29, 0.717) is 54.5 Å². The van der Waals surface area contributed by atoms with Gasteiger partial charge in [0, 0.05) is 52.1 Å². The van der Waals surface area contributed by atoms with E-state index in [-0.39, 0.29) is 153 Å². The Kier molecular flexibility index (Phi) is 50.3. The molecule has 1 aliphatic heterocycles. The van der Waals surface area contributed by atoms with Crippen molar-refractivity contribution >= 4 is 112 Å². The average Bonchev–Trinajstić information content (AvgIpc) is 0.887. The molecule has 4 aromatic rings. The summed E-state index contributed by atoms with van der Waals surface area (Å²) < 4.78 is 0. The molecule has 0 unspecified atom stereocenters. The SMILES string of the molecule is CC(=O)N[C@@H](CCCCN)C(=O)N[C@@H](CCCCN)C(=O)N[C@@H](CCCNC(=N)N)C(=O)N[C@@H](Cc1ccc(O)cc1)C(=O)N[C@@H](CC(=O)O)C(=O)N[C@@H](CCCNC(=N)N)C(=O)N[C@@]1(C)CCC/C=C\CCC[C@@](C)(C(=O)N[C@@H](Cc2ccccc2)C(=O)N[C@@H](CCC(N)=O)C(=O)N[C@@H](Cc2ccccc2)C(N)=O)NC(=O)[C@H](CC(C)C)NC(=O)[C@H](CC(C)C)NC(=O)[C@H](Cc2ccccc2)NC1=O. The molecule has 0 saturated heterocycles. The minimum absolute atomic E-state index is 0.000452. The molecule has 0 aromatic heterocycles. The number of guanidine groups is 2. The molecule has 14 atom stereocenters. The highest BCUT2D eigenvalue weighted by Gasteiger charge is 2.44. The lowest BCUT2D eigenvalue weighted by Crippen LogP contribution is -2.65. The molecule has 0 aliphatic carbocycles. The van der Waals surface area contributed by atoms with Crippen LogP contribution >= 0.6 is 0 Å². The number of benzene rings is 4. The molecule has 0 fully saturated rings. The van der Waals surface area contributed by atoms with E-state index < -0.39 is 215 Å². The number of amides is 16. The monoisotopic (exact) mass is 1950 g/mol. The molecular formula is C97H146N24O19. The number of carboxylic acid groups (broad SMARTS) is 1. The number of phenols is 1. The Morgan fingerprint density at radius 2 is 0.814 bits per heavy atom. The number of phenolic OH excluding ortho intramolecular Hbond substituents is 1. The molecule has 0 radical (unpaired) electrons. The van der Waals surface area contributed by atoms with Gasteiger partial charge in [0.25, 0.3) is 0 Å². The number of unbranched alkanes of at least 4 members (excludes halogenated alkanes) is 2. The van der Waals surface area contributed by atoms with Gasteiger partial charge in [-0.25, -0.2) is 0 Å². The van der Waals surface area contributed by atoms with Gasteiger partial charge in [-0.1, -0.05) is 143 Å². The number of carbonyl (C=O) groups is 17. The number of hydrogen-bond donors (Lipinski definition) is 26. The smallest absolute Gasteiger partial charge is 0.305 e. The maximum Gasteiger partial charge on any atom is 0.305 e. The highest BCUT2D eigenvalue weighted by atomic mass is 16.4. The minimum atomic E-state index is -2.09. The summed E-state index contributed by atoms with van der Waals surface area (Å²) in [5.74, 6) is -18.1. The van der Waals surface area contributed by atoms with Crippen LogP contribution in [0.3, 0.4) is 0 Å². The molecule has 1 heterocycles. The standard InChI is InChI=1S/C97H146N24O19/c1-58(2)51-72-85(132)115-73(52-59(3)4)91(138)121-97(7,93(140)118-75(54-62-31-17-13-18-32-62)87(134)112-70(43-44-78(100)124)84(131)113-71(80(101)127)53-61-29-15-12-16-30-61)46-24-11-9-8-10-23-45-96(6,92(139)119-76(88(135)114-72)55-63-33-19-14-20-34-63)120-90(137)69(38-28-50-107-95(104)105)111-89(136)77(57-79(125)126)117-86(133)74(56-64-39-41-65(123)42-40-64)116-83(130)68(37-27-49-106-94(102)103)110-82(129)67(36-22-26-48-99)109-81(128)66(108-60(5)122)35-21-25-47-98/h8-9,12-20,29-34,39-42,58-59,66-77,123H,10-11,21-28,35-38,43-57,98-99H2,1-7H3,(H2,100,124)(H2,101,127)(H,108,122)(H,109,128)(H,110,129)(H,111,136)(H,112,134)(H,113,131)(H,114,135)(H,115,132)(H,116,130)(H,117,133)(H,118,140)(H,119,139)(H,120,137)(H,121,138)(H,125,126)(H4,102,103,106)(H4,104,105,107)/b9-8-/t66-,67-,68-,69-,70-,71-,72-,73-,74-,75-,76-,77-,96-,97-/m0/s1. The van der Waals surface area contributed by atoms with Crippen LogP contribution in [0.15, 0.2) is 127 Å². The first-order valence-corrected chi connectivity index (χ1v) is 47.6. The summed E-state index contributed by atoms with van der Waals surface area (Å²) >= 11 is 0. The van der Waals surface area contributed by atoms with Gasteiger partial charge >= 0.3 is 5.97 Å². The lowest BCUT2D eigenvalue weighted by atomic mass is 9.90. The van der Waals surface area contributed by atoms with Gasteiger partial charge in [-0.2, -0.15) is 0 Å². The van der Waals surface area contributed by atoms with Crippen LogP contribution < -0.4 is 119 Å². The summed E-state index contributed by atoms with van der Waals surface area (Å²) in [5, 5.41) is 79.5. The highest BCUT2D eigenvalue weighted by molar-refractivity contribution is 6.02. The molecule has 140 heavy (non-hydrogen) atoms. The third-order valence-corrected chi connectivity index (χ3v) is 23.3. The van der Waals surface area contributed by atoms with Crippen LogP contribution in [0.4, 0.5) is 0 Å². The Morgan fingerprint density at radius 3 is 1.26 bits per heavy atom. The van der Waals surface area contributed by atoms with E-state index in [9.17, 15) is 53.4 Å². The van der Waals surface area contributed by atoms with Crippen LogP contribution in [0.1, 0.15) is 206 Å². The first-order valence-electron chi connectivity index (χ1n) is 47.6. The van der Waals surface area contributed by atoms with Crippen LogP contribution in [-0.4, -0.2) is 232 Å². The molecule has 5 rings (SSSR count). The number of aliphatic carboxylic acids is 1. The fraction of sp³-hybridized carbons (Fsp3) is 0.536. The zero-order valence-electron chi connectivity index (χ0n) is 81.0. The first-order chi connectivity index (χ1) is 66.4. The Morgan fingerprint density at radius 1 is 0.436 bits per heavy atom. The summed E-state index contributed by atoms with van der Waals surface area (Å²) in [6.45, 7) is 11.6. The van der Waals surface area contributed by atoms with Crippen molar-refractivity contribution in [2.24, 2.45) is 46.2 Å². The van der Waals surface area contributed by atoms with Crippen molar-refractivity contribution in [1.82, 2.24) is 85.1 Å². The molecule has 768 valence electrons. The number of nitrogens with two attached hydrogens (primary N) is 6. The lowest BCUT2D eigenvalue weighted by molar-refractivity contribution is -0.142. The number of rotatable bonds is 53. The fourth-order valence-electron chi connectivity index (χ4n) is 15.6. The Labute approximate surface area is 816 Å². The van der Waals surface area contributed by atoms with Crippen molar-refractivity contribution in [3.8, 4) is 5.75 Å². The lowest BCUT2D eigenvalue weighted by Gasteiger charge is -2.34. The number of allylic oxidation sites excluding steroid dienone is 2. The van der Waals surface area contributed by atoms with Crippen molar-refractivity contribution in [1.29, 1.82) is 10.8 Å². The summed E-state index contributed by atoms with van der Waals surface area (Å²) in [6.07, 6.45) is 2.13. The maximum absolute atomic E-state index is 15.7. The van der Waals surface area contributed by atoms with Crippen LogP contribution in [0.2, 0.25) is 0 Å². The van der Waals surface area contributed by atoms with Crippen molar-refractivity contribution < 1.29 is 91.7 Å². The van der Waals surface area contributed by atoms with Crippen molar-refractivity contribution in [2.45, 2.75) is 293 Å². The van der Waals surface area contributed by atoms with Gasteiger partial charge in [-0.3, -0.25) is 92.3 Å². The van der Waals surface area contributed by atoms with Crippen LogP contribution in [0, 0.1) is 22.7 Å². The van der Waals surface area contributed by atoms with E-state index in [1.165, 1.54) is 45.0 Å². The van der Waals surface area contributed by atoms with E-state index in [0.717, 1.165) is 0 Å². The van der Waals surface area contributed by atoms with Gasteiger partial charge < -0.3 is 130 Å². The Hall–Kier alpha value is -14.1. The second kappa shape index (κ2) is 60.6. The normalized spacial score (nSPS) is 18.8. The van der Waals surface area contributed by atoms with Gasteiger partial charge in [0.15, 0.2) is 11.9 Å². The number of carbonyl (C=O) groups excluding carboxylic acids is 16. The number of carboxylic acids is 1. The molecule has 4 aromatic carbocycles. The van der Waals surface area contributed by atoms with Crippen molar-refractivity contribution in [2.75, 3.05) is 26.2 Å². The molecule has 0 spiro atoms. The first kappa shape index (κ1) is 116. The Bertz CT molecular complexity index is 4820. The van der Waals surface area contributed by atoms with Gasteiger partial charge in [0.2, 0.25) is 94.5 Å². The van der Waals surface area contributed by atoms with Crippen molar-refractivity contribution in [3.63, 3.8) is 0 Å². The van der Waals surface area contributed by atoms with Gasteiger partial charge in [0.1, 0.15) is 89.3 Å². The van der Waals surface area contributed by atoms with E-state index in [1.807, 2.05) is 0 Å². The molecule has 0 saturated carbocycles. The average molecular weight is 1950 g/mol. The number of aromatic hydroxyl groups is 1. The molecule has 43 heteroatoms. The fourth-order valence-corrected chi connectivity index (χ4v) is 15.6. The van der Waals surface area contributed by atoms with E-state index in [2.05, 4.69) is 85.1 Å². The second-order valence-electron chi connectivity index (χ2n) is 36.5. The van der Waals surface area contributed by atoms with Crippen LogP contribution in [0.25, 0.3) is 0 Å². The minimum Gasteiger partial charge on any atom is -0.508 e. The molecule has 16 amide bonds. The largest absolute Gasteiger partial charge is 0.508 e. The number of primary amides is 2. The zero-order valence-corrected chi connectivity index (χ0v) is 81.0. The van der Waals surface area contributed by atoms with Crippen molar-refractivity contribution in [3.05, 3.63) is 150 Å². The quantitative estimate of drug-likeness (QED) is 0.0112. The molecule has 43 nitrogen and oxygen atoms in total. The van der Waals surface area contributed by atoms with Crippen LogP contribution in [-0.2, 0) is 107 Å². The zero-order chi connectivity index (χ0) is 104. The van der Waals surface area contributed by atoms with E-state index in [1.54, 1.807) is 131 Å². The van der Waals surface area contributed by atoms with E-state index in [4.69, 9.17) is 45.2 Å². The third kappa shape index (κ3) is 43.3. The molecular weight excluding hydrogens is 1810 g/mol. The topological polar surface area (TPSA) is 727 Å². The third-order valence-electron chi connectivity index (χ3n) is 23.3. The maximum atomic E-state index is 15.7. The van der Waals surface area contributed by atoms with Gasteiger partial charge in [-0.15, -0.1) is 0 Å². The Balaban J connectivity index is 1.58. The number of hydrogen-bond acceptors (Lipinski definition) is 22. The summed E-state index contributed by atoms with van der Waals surface area (Å²) in [7, 11) is 0. The second-order valence-corrected chi connectivity index (χ2v) is 36.5. The predicted octanol–water partition coefficient (Wildman–Crippen LogP) is -0.737. The molecule has 32 N–H and O–H groups in total.